The fraction of sp³-hybridized carbons (Fsp3) is 0.200. The van der Waals surface area contributed by atoms with Gasteiger partial charge in [0.15, 0.2) is 0 Å². The van der Waals surface area contributed by atoms with Crippen molar-refractivity contribution in [2.45, 2.75) is 15.5 Å². The van der Waals surface area contributed by atoms with Crippen LogP contribution in [0.4, 0.5) is 0 Å². The SMILES string of the molecule is C1=C[CH]([Zr+2]2([CH]3C=Cc4ccccc43)[CH2][CH2]2)c2ccccc21.[Cl-].[H-]. The van der Waals surface area contributed by atoms with E-state index in [0.717, 1.165) is 7.25 Å². The van der Waals surface area contributed by atoms with E-state index in [1.54, 1.807) is 19.4 Å². The summed E-state index contributed by atoms with van der Waals surface area (Å²) in [5.74, 6) is 0. The van der Waals surface area contributed by atoms with Gasteiger partial charge in [0.05, 0.1) is 0 Å². The first kappa shape index (κ1) is 14.7. The van der Waals surface area contributed by atoms with E-state index in [1.807, 2.05) is 0 Å². The first-order valence-electron chi connectivity index (χ1n) is 7.93. The molecule has 22 heavy (non-hydrogen) atoms. The maximum absolute atomic E-state index is 2.54. The molecule has 1 fully saturated rings. The van der Waals surface area contributed by atoms with E-state index in [9.17, 15) is 0 Å². The molecule has 2 atom stereocenters. The molecular formula is C20H19ClZr. The normalized spacial score (nSPS) is 24.0. The Morgan fingerprint density at radius 1 is 0.727 bits per heavy atom. The molecule has 1 heterocycles. The molecule has 1 saturated heterocycles. The molecule has 2 aromatic carbocycles. The molecule has 0 N–H and O–H groups in total. The molecular weight excluding hydrogens is 367 g/mol. The average Bonchev–Trinajstić information content (AvgIpc) is 3.03. The van der Waals surface area contributed by atoms with Gasteiger partial charge in [-0.3, -0.25) is 0 Å². The smallest absolute Gasteiger partial charge is 1.00 e. The predicted octanol–water partition coefficient (Wildman–Crippen LogP) is 2.64. The molecule has 0 aromatic heterocycles. The molecule has 0 saturated carbocycles. The summed E-state index contributed by atoms with van der Waals surface area (Å²) in [6.07, 6.45) is 9.84. The number of rotatable bonds is 2. The van der Waals surface area contributed by atoms with Gasteiger partial charge in [-0.25, -0.2) is 0 Å². The van der Waals surface area contributed by atoms with Gasteiger partial charge in [0, 0.05) is 0 Å². The van der Waals surface area contributed by atoms with Gasteiger partial charge in [-0.15, -0.1) is 0 Å². The van der Waals surface area contributed by atoms with E-state index in [0.29, 0.717) is 0 Å². The van der Waals surface area contributed by atoms with E-state index >= 15 is 0 Å². The van der Waals surface area contributed by atoms with Crippen molar-refractivity contribution in [3.05, 3.63) is 82.9 Å². The van der Waals surface area contributed by atoms with Crippen LogP contribution in [0.1, 0.15) is 30.9 Å². The summed E-state index contributed by atoms with van der Waals surface area (Å²) < 4.78 is 4.72. The van der Waals surface area contributed by atoms with Crippen molar-refractivity contribution in [3.8, 4) is 0 Å². The second-order valence-corrected chi connectivity index (χ2v) is 18.2. The first-order chi connectivity index (χ1) is 10.4. The third-order valence-electron chi connectivity index (χ3n) is 5.66. The van der Waals surface area contributed by atoms with Crippen molar-refractivity contribution < 1.29 is 34.1 Å². The minimum absolute atomic E-state index is 0. The van der Waals surface area contributed by atoms with Crippen LogP contribution >= 0.6 is 0 Å². The van der Waals surface area contributed by atoms with Crippen LogP contribution in [0.5, 0.6) is 0 Å². The molecule has 0 nitrogen and oxygen atoms in total. The maximum atomic E-state index is 2.54. The molecule has 2 aliphatic carbocycles. The Morgan fingerprint density at radius 2 is 1.18 bits per heavy atom. The van der Waals surface area contributed by atoms with Crippen molar-refractivity contribution in [2.24, 2.45) is 0 Å². The molecule has 0 amide bonds. The largest absolute Gasteiger partial charge is 1.00 e. The van der Waals surface area contributed by atoms with Crippen LogP contribution in [-0.4, -0.2) is 0 Å². The van der Waals surface area contributed by atoms with Gasteiger partial charge in [0.25, 0.3) is 0 Å². The molecule has 3 aliphatic rings. The van der Waals surface area contributed by atoms with E-state index in [1.165, 1.54) is 11.1 Å². The van der Waals surface area contributed by atoms with Gasteiger partial charge in [-0.05, 0) is 0 Å². The topological polar surface area (TPSA) is 0 Å². The summed E-state index contributed by atoms with van der Waals surface area (Å²) in [6.45, 7) is 0. The molecule has 0 radical (unpaired) electrons. The number of benzene rings is 2. The summed E-state index contributed by atoms with van der Waals surface area (Å²) in [6, 6.07) is 18.1. The van der Waals surface area contributed by atoms with Gasteiger partial charge in [-0.2, -0.15) is 0 Å². The third kappa shape index (κ3) is 1.99. The van der Waals surface area contributed by atoms with Crippen LogP contribution in [0.25, 0.3) is 12.2 Å². The zero-order valence-corrected chi connectivity index (χ0v) is 15.6. The average molecular weight is 386 g/mol. The number of hydrogen-bond acceptors (Lipinski definition) is 0. The standard InChI is InChI=1S/2C9H7.C2H4.ClH.Zr.H/c2*1-2-5-9-7-3-6-8(9)4-1;1-2;;;/h2*1-7H;1-2H2;1H;;/q;;;;+2;-1/p-1. The van der Waals surface area contributed by atoms with Crippen molar-refractivity contribution >= 4 is 12.2 Å². The fourth-order valence-electron chi connectivity index (χ4n) is 4.46. The minimum atomic E-state index is -2.13. The Kier molecular flexibility index (Phi) is 3.55. The van der Waals surface area contributed by atoms with Crippen molar-refractivity contribution in [1.29, 1.82) is 0 Å². The Morgan fingerprint density at radius 3 is 1.64 bits per heavy atom. The monoisotopic (exact) mass is 384 g/mol. The van der Waals surface area contributed by atoms with Crippen LogP contribution in [-0.2, 0) is 20.3 Å². The third-order valence-corrected chi connectivity index (χ3v) is 18.3. The van der Waals surface area contributed by atoms with Gasteiger partial charge < -0.3 is 13.8 Å². The van der Waals surface area contributed by atoms with E-state index in [2.05, 4.69) is 72.8 Å². The fourth-order valence-corrected chi connectivity index (χ4v) is 20.1. The predicted molar refractivity (Wildman–Crippen MR) is 87.2 cm³/mol. The molecule has 0 spiro atoms. The first-order valence-corrected chi connectivity index (χ1v) is 14.2. The minimum Gasteiger partial charge on any atom is -1.00 e. The number of fused-ring (bicyclic) bond motifs is 2. The van der Waals surface area contributed by atoms with Gasteiger partial charge >= 0.3 is 131 Å². The second-order valence-electron chi connectivity index (χ2n) is 6.66. The van der Waals surface area contributed by atoms with E-state index < -0.39 is 20.3 Å². The summed E-state index contributed by atoms with van der Waals surface area (Å²) in [7, 11) is 0. The number of allylic oxidation sites excluding steroid dienone is 2. The van der Waals surface area contributed by atoms with E-state index in [4.69, 9.17) is 0 Å². The van der Waals surface area contributed by atoms with Crippen LogP contribution < -0.4 is 12.4 Å². The summed E-state index contributed by atoms with van der Waals surface area (Å²) >= 11 is -2.13. The van der Waals surface area contributed by atoms with Crippen LogP contribution in [0, 0.1) is 0 Å². The van der Waals surface area contributed by atoms with Gasteiger partial charge in [-0.1, -0.05) is 0 Å². The van der Waals surface area contributed by atoms with Crippen molar-refractivity contribution in [2.75, 3.05) is 0 Å². The number of halogens is 1. The van der Waals surface area contributed by atoms with Crippen LogP contribution in [0.3, 0.4) is 0 Å². The van der Waals surface area contributed by atoms with Crippen LogP contribution in [0.2, 0.25) is 8.26 Å². The van der Waals surface area contributed by atoms with Crippen molar-refractivity contribution in [3.63, 3.8) is 0 Å². The summed E-state index contributed by atoms with van der Waals surface area (Å²) in [4.78, 5) is 0. The summed E-state index contributed by atoms with van der Waals surface area (Å²) in [5, 5.41) is 0. The van der Waals surface area contributed by atoms with Gasteiger partial charge in [0.1, 0.15) is 0 Å². The molecule has 0 bridgehead atoms. The molecule has 2 aromatic rings. The summed E-state index contributed by atoms with van der Waals surface area (Å²) in [5.41, 5.74) is 6.20. The Bertz CT molecular complexity index is 728. The molecule has 2 unspecified atom stereocenters. The quantitative estimate of drug-likeness (QED) is 0.745. The molecule has 110 valence electrons. The maximum Gasteiger partial charge on any atom is -1.00 e. The van der Waals surface area contributed by atoms with E-state index in [-0.39, 0.29) is 13.8 Å². The Balaban J connectivity index is 0.000000781. The molecule has 1 aliphatic heterocycles. The van der Waals surface area contributed by atoms with Gasteiger partial charge in [0.2, 0.25) is 0 Å². The zero-order valence-electron chi connectivity index (χ0n) is 13.4. The molecule has 5 rings (SSSR count). The molecule has 2 heteroatoms. The Labute approximate surface area is 144 Å². The Hall–Kier alpha value is -0.907. The van der Waals surface area contributed by atoms with Crippen LogP contribution in [0.15, 0.2) is 60.7 Å². The van der Waals surface area contributed by atoms with Crippen molar-refractivity contribution in [1.82, 2.24) is 0 Å². The second kappa shape index (κ2) is 5.32. The number of hydrogen-bond donors (Lipinski definition) is 0. The zero-order chi connectivity index (χ0) is 13.9.